The maximum absolute atomic E-state index is 13.2. The van der Waals surface area contributed by atoms with E-state index in [1.807, 2.05) is 0 Å². The lowest BCUT2D eigenvalue weighted by Crippen LogP contribution is -2.37. The topological polar surface area (TPSA) is 78.9 Å². The van der Waals surface area contributed by atoms with Gasteiger partial charge in [-0.15, -0.1) is 0 Å². The first-order valence-corrected chi connectivity index (χ1v) is 19.1. The van der Waals surface area contributed by atoms with Crippen LogP contribution in [0.15, 0.2) is 0 Å². The van der Waals surface area contributed by atoms with E-state index in [1.165, 1.54) is 25.7 Å². The van der Waals surface area contributed by atoms with Gasteiger partial charge in [0.05, 0.1) is 23.4 Å². The highest BCUT2D eigenvalue weighted by Crippen LogP contribution is 2.85. The van der Waals surface area contributed by atoms with Crippen molar-refractivity contribution in [3.05, 3.63) is 0 Å². The number of carbonyl (C=O) groups is 3. The fraction of sp³-hybridized carbons (Fsp3) is 0.923. The van der Waals surface area contributed by atoms with Gasteiger partial charge in [0, 0.05) is 5.92 Å². The van der Waals surface area contributed by atoms with Gasteiger partial charge in [0.15, 0.2) is 0 Å². The Kier molecular flexibility index (Phi) is 7.14. The van der Waals surface area contributed by atoms with Crippen molar-refractivity contribution in [2.45, 2.75) is 130 Å². The monoisotopic (exact) mass is 622 g/mol. The number of rotatable bonds is 9. The van der Waals surface area contributed by atoms with E-state index in [0.717, 1.165) is 69.1 Å². The van der Waals surface area contributed by atoms with Gasteiger partial charge in [0.1, 0.15) is 11.7 Å². The Morgan fingerprint density at radius 1 is 0.733 bits per heavy atom. The molecule has 250 valence electrons. The van der Waals surface area contributed by atoms with Crippen molar-refractivity contribution < 1.29 is 28.6 Å². The Hall–Kier alpha value is -1.59. The number of fused-ring (bicyclic) bond motifs is 2. The smallest absolute Gasteiger partial charge is 0.313 e. The summed E-state index contributed by atoms with van der Waals surface area (Å²) in [6, 6.07) is 0. The maximum Gasteiger partial charge on any atom is 0.313 e. The van der Waals surface area contributed by atoms with Crippen LogP contribution >= 0.6 is 0 Å². The fourth-order valence-corrected chi connectivity index (χ4v) is 14.2. The zero-order valence-electron chi connectivity index (χ0n) is 28.7. The normalized spacial score (nSPS) is 52.4. The number of hydrogen-bond donors (Lipinski definition) is 0. The highest BCUT2D eigenvalue weighted by atomic mass is 16.6. The highest BCUT2D eigenvalue weighted by molar-refractivity contribution is 5.85. The molecule has 11 aliphatic rings. The molecule has 0 aromatic heterocycles. The summed E-state index contributed by atoms with van der Waals surface area (Å²) in [6.07, 6.45) is 13.1. The van der Waals surface area contributed by atoms with Crippen LogP contribution < -0.4 is 0 Å². The minimum Gasteiger partial charge on any atom is -0.465 e. The van der Waals surface area contributed by atoms with Crippen molar-refractivity contribution in [1.29, 1.82) is 0 Å². The van der Waals surface area contributed by atoms with Gasteiger partial charge < -0.3 is 14.2 Å². The molecule has 45 heavy (non-hydrogen) atoms. The minimum absolute atomic E-state index is 0.0459. The van der Waals surface area contributed by atoms with Crippen molar-refractivity contribution >= 4 is 17.9 Å². The molecule has 6 heteroatoms. The lowest BCUT2D eigenvalue weighted by Gasteiger charge is -2.30. The van der Waals surface area contributed by atoms with E-state index in [9.17, 15) is 14.4 Å². The molecule has 0 radical (unpaired) electrons. The first-order chi connectivity index (χ1) is 21.5. The van der Waals surface area contributed by atoms with E-state index in [-0.39, 0.29) is 52.3 Å². The molecule has 6 nitrogen and oxygen atoms in total. The summed E-state index contributed by atoms with van der Waals surface area (Å²) in [5, 5.41) is 0. The third kappa shape index (κ3) is 4.07. The molecule has 10 bridgehead atoms. The van der Waals surface area contributed by atoms with E-state index in [1.54, 1.807) is 0 Å². The molecule has 11 rings (SSSR count). The molecule has 0 aromatic rings. The highest BCUT2D eigenvalue weighted by Gasteiger charge is 2.86. The molecule has 16 unspecified atom stereocenters. The Balaban J connectivity index is 0.000000144. The first kappa shape index (κ1) is 30.7. The van der Waals surface area contributed by atoms with Crippen LogP contribution in [0.25, 0.3) is 0 Å². The first-order valence-electron chi connectivity index (χ1n) is 19.1. The summed E-state index contributed by atoms with van der Waals surface area (Å²) in [7, 11) is 0. The molecule has 0 aliphatic heterocycles. The Labute approximate surface area is 270 Å². The van der Waals surface area contributed by atoms with Crippen LogP contribution in [0.5, 0.6) is 0 Å². The van der Waals surface area contributed by atoms with Gasteiger partial charge in [0.2, 0.25) is 0 Å². The van der Waals surface area contributed by atoms with Crippen LogP contribution in [0.2, 0.25) is 0 Å². The van der Waals surface area contributed by atoms with Crippen molar-refractivity contribution in [1.82, 2.24) is 0 Å². The van der Waals surface area contributed by atoms with E-state index in [4.69, 9.17) is 14.2 Å². The fourth-order valence-electron chi connectivity index (χ4n) is 14.2. The van der Waals surface area contributed by atoms with E-state index >= 15 is 0 Å². The molecular formula is C39H58O6. The largest absolute Gasteiger partial charge is 0.465 e. The summed E-state index contributed by atoms with van der Waals surface area (Å²) in [5.41, 5.74) is -0.354. The molecule has 0 aromatic carbocycles. The second-order valence-electron chi connectivity index (χ2n) is 17.9. The summed E-state index contributed by atoms with van der Waals surface area (Å²) in [4.78, 5) is 38.5. The lowest BCUT2D eigenvalue weighted by atomic mass is 9.86. The van der Waals surface area contributed by atoms with Gasteiger partial charge in [-0.05, 0) is 136 Å². The molecule has 0 amide bonds. The quantitative estimate of drug-likeness (QED) is 0.150. The van der Waals surface area contributed by atoms with Crippen LogP contribution in [0.4, 0.5) is 0 Å². The predicted octanol–water partition coefficient (Wildman–Crippen LogP) is 7.62. The number of unbranched alkanes of at least 4 members (excludes halogenated alkanes) is 2. The van der Waals surface area contributed by atoms with E-state index < -0.39 is 0 Å². The van der Waals surface area contributed by atoms with Crippen molar-refractivity contribution in [2.24, 2.45) is 87.8 Å². The molecule has 0 spiro atoms. The van der Waals surface area contributed by atoms with Gasteiger partial charge in [-0.3, -0.25) is 14.4 Å². The molecule has 11 fully saturated rings. The van der Waals surface area contributed by atoms with Crippen LogP contribution in [-0.2, 0) is 28.6 Å². The van der Waals surface area contributed by atoms with Gasteiger partial charge in [-0.1, -0.05) is 47.5 Å². The third-order valence-electron chi connectivity index (χ3n) is 16.3. The van der Waals surface area contributed by atoms with Crippen LogP contribution in [0, 0.1) is 87.8 Å². The maximum atomic E-state index is 13.2. The van der Waals surface area contributed by atoms with Gasteiger partial charge in [0.25, 0.3) is 0 Å². The Bertz CT molecular complexity index is 1230. The number of ether oxygens (including phenoxy) is 3. The molecule has 0 N–H and O–H groups in total. The Morgan fingerprint density at radius 2 is 1.33 bits per heavy atom. The molecule has 11 saturated carbocycles. The zero-order chi connectivity index (χ0) is 31.6. The second-order valence-corrected chi connectivity index (χ2v) is 17.9. The Morgan fingerprint density at radius 3 is 1.82 bits per heavy atom. The summed E-state index contributed by atoms with van der Waals surface area (Å²) in [5.74, 6) is 7.35. The van der Waals surface area contributed by atoms with E-state index in [0.29, 0.717) is 54.0 Å². The number of esters is 3. The summed E-state index contributed by atoms with van der Waals surface area (Å²) < 4.78 is 17.7. The van der Waals surface area contributed by atoms with Crippen molar-refractivity contribution in [3.8, 4) is 0 Å². The predicted molar refractivity (Wildman–Crippen MR) is 169 cm³/mol. The second kappa shape index (κ2) is 10.5. The van der Waals surface area contributed by atoms with Crippen LogP contribution in [0.3, 0.4) is 0 Å². The van der Waals surface area contributed by atoms with E-state index in [2.05, 4.69) is 41.5 Å². The van der Waals surface area contributed by atoms with Gasteiger partial charge >= 0.3 is 17.9 Å². The molecular weight excluding hydrogens is 564 g/mol. The summed E-state index contributed by atoms with van der Waals surface area (Å²) >= 11 is 0. The number of carbonyl (C=O) groups excluding carboxylic acids is 3. The lowest BCUT2D eigenvalue weighted by molar-refractivity contribution is -0.167. The number of hydrogen-bond acceptors (Lipinski definition) is 6. The van der Waals surface area contributed by atoms with Gasteiger partial charge in [-0.25, -0.2) is 0 Å². The van der Waals surface area contributed by atoms with Crippen molar-refractivity contribution in [2.75, 3.05) is 6.61 Å². The molecule has 16 atom stereocenters. The SMILES string of the molecule is CC1C2CC3C1C3(C(=O)OC1(C)CCCC1)C2C.CCCCCOC(=O)C1CC2CC(OC(=O)C34C(C)C5CC3C4C5C)C1C2. The molecule has 0 saturated heterocycles. The average Bonchev–Trinajstić information content (AvgIpc) is 3.56. The van der Waals surface area contributed by atoms with Crippen LogP contribution in [0.1, 0.15) is 119 Å². The standard InChI is InChI=1S/C23H34O4.C16H24O2/c1-4-5-6-7-26-21(24)17-9-14-8-16(17)19(10-14)27-22(25)23-13(3)15-11-18(23)20(23)12(15)2;1-9-11-8-12-13(9)16(12,10(11)2)14(17)18-15(3)6-4-5-7-15/h12-20H,4-11H2,1-3H3;9-13H,4-8H2,1-3H3. The van der Waals surface area contributed by atoms with Crippen molar-refractivity contribution in [3.63, 3.8) is 0 Å². The van der Waals surface area contributed by atoms with Crippen LogP contribution in [-0.4, -0.2) is 36.2 Å². The molecule has 0 heterocycles. The summed E-state index contributed by atoms with van der Waals surface area (Å²) in [6.45, 7) is 14.1. The zero-order valence-corrected chi connectivity index (χ0v) is 28.7. The average molecular weight is 623 g/mol. The minimum atomic E-state index is -0.165. The third-order valence-corrected chi connectivity index (χ3v) is 16.3. The molecule has 11 aliphatic carbocycles. The van der Waals surface area contributed by atoms with Gasteiger partial charge in [-0.2, -0.15) is 0 Å².